The molecular formula is C25H48O2. The zero-order valence-corrected chi connectivity index (χ0v) is 19.4. The molecular weight excluding hydrogens is 332 g/mol. The lowest BCUT2D eigenvalue weighted by atomic mass is 10.0. The van der Waals surface area contributed by atoms with E-state index in [9.17, 15) is 0 Å². The van der Waals surface area contributed by atoms with Crippen LogP contribution in [0.15, 0.2) is 0 Å². The summed E-state index contributed by atoms with van der Waals surface area (Å²) in [5.41, 5.74) is -0.795. The van der Waals surface area contributed by atoms with Gasteiger partial charge in [0.1, 0.15) is 0 Å². The highest BCUT2D eigenvalue weighted by molar-refractivity contribution is 5.10. The van der Waals surface area contributed by atoms with Gasteiger partial charge < -0.3 is 0 Å². The lowest BCUT2D eigenvalue weighted by Gasteiger charge is -2.26. The SMILES string of the molecule is CCCCCCCCCCCCCCCC#CC(C)(C)OOC(C)(C)CC. The summed E-state index contributed by atoms with van der Waals surface area (Å²) < 4.78 is 0. The van der Waals surface area contributed by atoms with Gasteiger partial charge in [-0.05, 0) is 40.5 Å². The second kappa shape index (κ2) is 16.4. The van der Waals surface area contributed by atoms with E-state index in [0.29, 0.717) is 0 Å². The van der Waals surface area contributed by atoms with Crippen molar-refractivity contribution in [1.29, 1.82) is 0 Å². The molecule has 0 rings (SSSR count). The monoisotopic (exact) mass is 380 g/mol. The van der Waals surface area contributed by atoms with Crippen molar-refractivity contribution in [3.05, 3.63) is 0 Å². The van der Waals surface area contributed by atoms with Gasteiger partial charge in [0.2, 0.25) is 0 Å². The zero-order valence-electron chi connectivity index (χ0n) is 19.4. The Morgan fingerprint density at radius 2 is 1.04 bits per heavy atom. The quantitative estimate of drug-likeness (QED) is 0.109. The Morgan fingerprint density at radius 1 is 0.593 bits per heavy atom. The molecule has 0 aromatic rings. The first kappa shape index (κ1) is 26.5. The molecule has 160 valence electrons. The fraction of sp³-hybridized carbons (Fsp3) is 0.920. The molecule has 0 saturated heterocycles. The number of rotatable bonds is 17. The van der Waals surface area contributed by atoms with Crippen LogP contribution in [0.4, 0.5) is 0 Å². The fourth-order valence-electron chi connectivity index (χ4n) is 2.80. The molecule has 0 aliphatic rings. The molecule has 0 unspecified atom stereocenters. The second-order valence-electron chi connectivity index (χ2n) is 9.08. The third-order valence-corrected chi connectivity index (χ3v) is 5.12. The lowest BCUT2D eigenvalue weighted by Crippen LogP contribution is -2.31. The Bertz CT molecular complexity index is 387. The minimum atomic E-state index is -0.539. The van der Waals surface area contributed by atoms with Crippen molar-refractivity contribution in [2.24, 2.45) is 0 Å². The highest BCUT2D eigenvalue weighted by Crippen LogP contribution is 2.19. The summed E-state index contributed by atoms with van der Waals surface area (Å²) in [6.45, 7) is 12.4. The van der Waals surface area contributed by atoms with E-state index in [4.69, 9.17) is 9.78 Å². The van der Waals surface area contributed by atoms with Crippen LogP contribution >= 0.6 is 0 Å². The molecule has 0 radical (unpaired) electrons. The highest BCUT2D eigenvalue weighted by atomic mass is 17.2. The molecule has 2 nitrogen and oxygen atoms in total. The van der Waals surface area contributed by atoms with Crippen molar-refractivity contribution in [2.45, 2.75) is 149 Å². The van der Waals surface area contributed by atoms with Gasteiger partial charge in [0.15, 0.2) is 5.60 Å². The van der Waals surface area contributed by atoms with Gasteiger partial charge >= 0.3 is 0 Å². The first-order valence-electron chi connectivity index (χ1n) is 11.7. The summed E-state index contributed by atoms with van der Waals surface area (Å²) in [6, 6.07) is 0. The largest absolute Gasteiger partial charge is 0.229 e. The number of hydrogen-bond donors (Lipinski definition) is 0. The summed E-state index contributed by atoms with van der Waals surface area (Å²) in [4.78, 5) is 11.0. The molecule has 0 bridgehead atoms. The molecule has 0 amide bonds. The second-order valence-corrected chi connectivity index (χ2v) is 9.08. The van der Waals surface area contributed by atoms with Crippen molar-refractivity contribution in [3.8, 4) is 11.8 Å². The van der Waals surface area contributed by atoms with Crippen molar-refractivity contribution < 1.29 is 9.78 Å². The molecule has 0 aliphatic carbocycles. The minimum absolute atomic E-state index is 0.256. The molecule has 0 heterocycles. The van der Waals surface area contributed by atoms with Crippen LogP contribution in [-0.4, -0.2) is 11.2 Å². The smallest absolute Gasteiger partial charge is 0.158 e. The van der Waals surface area contributed by atoms with Crippen LogP contribution in [0.3, 0.4) is 0 Å². The van der Waals surface area contributed by atoms with E-state index in [1.807, 2.05) is 27.7 Å². The lowest BCUT2D eigenvalue weighted by molar-refractivity contribution is -0.388. The van der Waals surface area contributed by atoms with Crippen LogP contribution in [0.2, 0.25) is 0 Å². The van der Waals surface area contributed by atoms with Crippen LogP contribution < -0.4 is 0 Å². The molecule has 0 aliphatic heterocycles. The Morgan fingerprint density at radius 3 is 1.48 bits per heavy atom. The van der Waals surface area contributed by atoms with E-state index in [1.165, 1.54) is 83.5 Å². The van der Waals surface area contributed by atoms with Gasteiger partial charge in [-0.3, -0.25) is 0 Å². The van der Waals surface area contributed by atoms with Crippen molar-refractivity contribution in [2.75, 3.05) is 0 Å². The van der Waals surface area contributed by atoms with Crippen LogP contribution in [-0.2, 0) is 9.78 Å². The summed E-state index contributed by atoms with van der Waals surface area (Å²) in [5, 5.41) is 0. The van der Waals surface area contributed by atoms with Crippen molar-refractivity contribution >= 4 is 0 Å². The minimum Gasteiger partial charge on any atom is -0.229 e. The maximum absolute atomic E-state index is 5.53. The van der Waals surface area contributed by atoms with E-state index in [0.717, 1.165) is 12.8 Å². The maximum Gasteiger partial charge on any atom is 0.158 e. The first-order chi connectivity index (χ1) is 12.8. The number of unbranched alkanes of at least 4 members (excludes halogenated alkanes) is 13. The average Bonchev–Trinajstić information content (AvgIpc) is 2.63. The summed E-state index contributed by atoms with van der Waals surface area (Å²) >= 11 is 0. The molecule has 0 saturated carbocycles. The third kappa shape index (κ3) is 18.6. The molecule has 27 heavy (non-hydrogen) atoms. The standard InChI is InChI=1S/C25H48O2/c1-7-9-10-11-12-13-14-15-16-17-18-19-20-21-22-23-25(5,6)27-26-24(3,4)8-2/h7-21H2,1-6H3. The van der Waals surface area contributed by atoms with Crippen LogP contribution in [0.25, 0.3) is 0 Å². The summed E-state index contributed by atoms with van der Waals surface area (Å²) in [6.07, 6.45) is 19.9. The topological polar surface area (TPSA) is 18.5 Å². The number of hydrogen-bond acceptors (Lipinski definition) is 2. The Kier molecular flexibility index (Phi) is 16.1. The normalized spacial score (nSPS) is 12.1. The van der Waals surface area contributed by atoms with Gasteiger partial charge in [0.05, 0.1) is 5.60 Å². The zero-order chi connectivity index (χ0) is 20.4. The average molecular weight is 381 g/mol. The predicted molar refractivity (Wildman–Crippen MR) is 119 cm³/mol. The molecule has 0 aromatic carbocycles. The molecule has 0 aromatic heterocycles. The Hall–Kier alpha value is -0.520. The Balaban J connectivity index is 3.50. The van der Waals surface area contributed by atoms with E-state index >= 15 is 0 Å². The van der Waals surface area contributed by atoms with Crippen LogP contribution in [0, 0.1) is 11.8 Å². The maximum atomic E-state index is 5.53. The summed E-state index contributed by atoms with van der Waals surface area (Å²) in [7, 11) is 0. The van der Waals surface area contributed by atoms with E-state index in [2.05, 4.69) is 25.7 Å². The Labute approximate surface area is 171 Å². The van der Waals surface area contributed by atoms with Gasteiger partial charge in [0.25, 0.3) is 0 Å². The molecule has 2 heteroatoms. The van der Waals surface area contributed by atoms with Gasteiger partial charge in [-0.2, -0.15) is 0 Å². The summed E-state index contributed by atoms with van der Waals surface area (Å²) in [5.74, 6) is 6.47. The molecule has 0 fully saturated rings. The van der Waals surface area contributed by atoms with Crippen molar-refractivity contribution in [1.82, 2.24) is 0 Å². The van der Waals surface area contributed by atoms with Crippen molar-refractivity contribution in [3.63, 3.8) is 0 Å². The predicted octanol–water partition coefficient (Wildman–Crippen LogP) is 8.39. The van der Waals surface area contributed by atoms with E-state index in [-0.39, 0.29) is 5.60 Å². The molecule has 0 atom stereocenters. The van der Waals surface area contributed by atoms with Gasteiger partial charge in [-0.25, -0.2) is 9.78 Å². The van der Waals surface area contributed by atoms with E-state index in [1.54, 1.807) is 0 Å². The fourth-order valence-corrected chi connectivity index (χ4v) is 2.80. The molecule has 0 spiro atoms. The van der Waals surface area contributed by atoms with Crippen LogP contribution in [0.5, 0.6) is 0 Å². The third-order valence-electron chi connectivity index (χ3n) is 5.12. The first-order valence-corrected chi connectivity index (χ1v) is 11.7. The van der Waals surface area contributed by atoms with Gasteiger partial charge in [-0.15, -0.1) is 5.92 Å². The highest BCUT2D eigenvalue weighted by Gasteiger charge is 2.23. The van der Waals surface area contributed by atoms with Gasteiger partial charge in [0, 0.05) is 6.42 Å². The van der Waals surface area contributed by atoms with Crippen LogP contribution in [0.1, 0.15) is 138 Å². The molecule has 0 N–H and O–H groups in total. The van der Waals surface area contributed by atoms with Gasteiger partial charge in [-0.1, -0.05) is 96.8 Å². The van der Waals surface area contributed by atoms with E-state index < -0.39 is 5.60 Å².